The van der Waals surface area contributed by atoms with Crippen LogP contribution in [-0.2, 0) is 0 Å². The molecule has 1 heterocycles. The molecule has 1 N–H and O–H groups in total. The van der Waals surface area contributed by atoms with Gasteiger partial charge in [0.1, 0.15) is 5.15 Å². The molecule has 1 aromatic carbocycles. The molecule has 0 unspecified atom stereocenters. The maximum atomic E-state index is 12.0. The normalized spacial score (nSPS) is 11.9. The third kappa shape index (κ3) is 3.69. The number of hydrogen-bond acceptors (Lipinski definition) is 2. The summed E-state index contributed by atoms with van der Waals surface area (Å²) in [6.07, 6.45) is 1.45. The van der Waals surface area contributed by atoms with Crippen LogP contribution in [0.3, 0.4) is 0 Å². The van der Waals surface area contributed by atoms with E-state index in [-0.39, 0.29) is 11.9 Å². The average Bonchev–Trinajstić information content (AvgIpc) is 2.39. The zero-order valence-electron chi connectivity index (χ0n) is 10.2. The number of nitrogens with one attached hydrogen (secondary N) is 1. The van der Waals surface area contributed by atoms with Crippen LogP contribution < -0.4 is 5.32 Å². The van der Waals surface area contributed by atoms with Crippen molar-refractivity contribution in [1.29, 1.82) is 0 Å². The maximum Gasteiger partial charge on any atom is 0.253 e. The van der Waals surface area contributed by atoms with Crippen molar-refractivity contribution in [2.75, 3.05) is 0 Å². The lowest BCUT2D eigenvalue weighted by atomic mass is 10.1. The van der Waals surface area contributed by atoms with Crippen LogP contribution >= 0.6 is 23.2 Å². The summed E-state index contributed by atoms with van der Waals surface area (Å²) >= 11 is 11.6. The lowest BCUT2D eigenvalue weighted by Crippen LogP contribution is -2.26. The summed E-state index contributed by atoms with van der Waals surface area (Å²) in [5, 5.41) is 3.88. The second-order valence-electron chi connectivity index (χ2n) is 4.12. The Hall–Kier alpha value is -1.58. The van der Waals surface area contributed by atoms with Gasteiger partial charge in [-0.15, -0.1) is 0 Å². The molecule has 19 heavy (non-hydrogen) atoms. The van der Waals surface area contributed by atoms with Gasteiger partial charge < -0.3 is 5.32 Å². The molecule has 0 aliphatic rings. The van der Waals surface area contributed by atoms with Gasteiger partial charge in [0.25, 0.3) is 5.91 Å². The summed E-state index contributed by atoms with van der Waals surface area (Å²) in [5.41, 5.74) is 1.42. The van der Waals surface area contributed by atoms with Crippen LogP contribution in [0.2, 0.25) is 10.2 Å². The van der Waals surface area contributed by atoms with E-state index in [4.69, 9.17) is 23.2 Å². The molecule has 1 amide bonds. The summed E-state index contributed by atoms with van der Waals surface area (Å²) in [4.78, 5) is 15.9. The lowest BCUT2D eigenvalue weighted by molar-refractivity contribution is 0.0939. The summed E-state index contributed by atoms with van der Waals surface area (Å²) in [6, 6.07) is 10.5. The molecule has 1 aromatic heterocycles. The number of carbonyl (C=O) groups excluding carboxylic acids is 1. The predicted octanol–water partition coefficient (Wildman–Crippen LogP) is 3.88. The molecule has 1 atom stereocenters. The van der Waals surface area contributed by atoms with Crippen molar-refractivity contribution >= 4 is 29.1 Å². The van der Waals surface area contributed by atoms with Crippen LogP contribution in [0, 0.1) is 0 Å². The van der Waals surface area contributed by atoms with Crippen molar-refractivity contribution in [3.05, 3.63) is 63.9 Å². The molecule has 3 nitrogen and oxygen atoms in total. The minimum absolute atomic E-state index is 0.137. The first-order valence-electron chi connectivity index (χ1n) is 5.74. The van der Waals surface area contributed by atoms with Gasteiger partial charge in [-0.1, -0.05) is 35.3 Å². The van der Waals surface area contributed by atoms with E-state index in [0.717, 1.165) is 5.56 Å². The summed E-state index contributed by atoms with van der Waals surface area (Å²) in [5.74, 6) is -0.198. The molecule has 0 saturated carbocycles. The second kappa shape index (κ2) is 6.04. The van der Waals surface area contributed by atoms with E-state index in [1.54, 1.807) is 18.2 Å². The Morgan fingerprint density at radius 1 is 1.26 bits per heavy atom. The number of pyridine rings is 1. The highest BCUT2D eigenvalue weighted by molar-refractivity contribution is 6.30. The number of benzene rings is 1. The molecule has 0 fully saturated rings. The number of hydrogen-bond donors (Lipinski definition) is 1. The number of halogens is 2. The maximum absolute atomic E-state index is 12.0. The van der Waals surface area contributed by atoms with Crippen LogP contribution in [-0.4, -0.2) is 10.9 Å². The van der Waals surface area contributed by atoms with Crippen molar-refractivity contribution in [3.63, 3.8) is 0 Å². The van der Waals surface area contributed by atoms with Crippen molar-refractivity contribution < 1.29 is 4.79 Å². The van der Waals surface area contributed by atoms with Crippen molar-refractivity contribution in [1.82, 2.24) is 10.3 Å². The van der Waals surface area contributed by atoms with E-state index in [0.29, 0.717) is 15.7 Å². The lowest BCUT2D eigenvalue weighted by Gasteiger charge is -2.14. The highest BCUT2D eigenvalue weighted by atomic mass is 35.5. The van der Waals surface area contributed by atoms with Gasteiger partial charge in [0, 0.05) is 11.2 Å². The molecule has 2 aromatic rings. The molecule has 0 aliphatic heterocycles. The van der Waals surface area contributed by atoms with Gasteiger partial charge in [-0.05, 0) is 36.8 Å². The Morgan fingerprint density at radius 3 is 2.68 bits per heavy atom. The molecule has 5 heteroatoms. The first-order valence-corrected chi connectivity index (χ1v) is 6.50. The first kappa shape index (κ1) is 13.8. The highest BCUT2D eigenvalue weighted by Crippen LogP contribution is 2.17. The molecule has 98 valence electrons. The molecular weight excluding hydrogens is 283 g/mol. The summed E-state index contributed by atoms with van der Waals surface area (Å²) < 4.78 is 0. The van der Waals surface area contributed by atoms with Crippen LogP contribution in [0.25, 0.3) is 0 Å². The minimum Gasteiger partial charge on any atom is -0.345 e. The zero-order chi connectivity index (χ0) is 13.8. The Bertz CT molecular complexity index is 584. The topological polar surface area (TPSA) is 42.0 Å². The van der Waals surface area contributed by atoms with Gasteiger partial charge in [-0.25, -0.2) is 4.98 Å². The highest BCUT2D eigenvalue weighted by Gasteiger charge is 2.11. The SMILES string of the molecule is C[C@@H](NC(=O)c1ccc(Cl)nc1)c1cccc(Cl)c1. The van der Waals surface area contributed by atoms with E-state index in [1.165, 1.54) is 6.20 Å². The van der Waals surface area contributed by atoms with Crippen LogP contribution in [0.15, 0.2) is 42.6 Å². The second-order valence-corrected chi connectivity index (χ2v) is 4.94. The van der Waals surface area contributed by atoms with Crippen LogP contribution in [0.4, 0.5) is 0 Å². The van der Waals surface area contributed by atoms with Gasteiger partial charge in [-0.3, -0.25) is 4.79 Å². The molecule has 0 saturated heterocycles. The zero-order valence-corrected chi connectivity index (χ0v) is 11.7. The molecule has 2 rings (SSSR count). The van der Waals surface area contributed by atoms with Gasteiger partial charge in [-0.2, -0.15) is 0 Å². The van der Waals surface area contributed by atoms with E-state index >= 15 is 0 Å². The third-order valence-electron chi connectivity index (χ3n) is 2.69. The number of carbonyl (C=O) groups is 1. The van der Waals surface area contributed by atoms with E-state index in [1.807, 2.05) is 25.1 Å². The minimum atomic E-state index is -0.198. The fraction of sp³-hybridized carbons (Fsp3) is 0.143. The fourth-order valence-corrected chi connectivity index (χ4v) is 1.96. The van der Waals surface area contributed by atoms with Crippen molar-refractivity contribution in [3.8, 4) is 0 Å². The largest absolute Gasteiger partial charge is 0.345 e. The molecule has 0 bridgehead atoms. The van der Waals surface area contributed by atoms with Crippen molar-refractivity contribution in [2.24, 2.45) is 0 Å². The molecule has 0 spiro atoms. The average molecular weight is 295 g/mol. The number of amides is 1. The smallest absolute Gasteiger partial charge is 0.253 e. The van der Waals surface area contributed by atoms with Crippen molar-refractivity contribution in [2.45, 2.75) is 13.0 Å². The molecule has 0 radical (unpaired) electrons. The molecular formula is C14H12Cl2N2O. The van der Waals surface area contributed by atoms with Gasteiger partial charge in [0.15, 0.2) is 0 Å². The number of rotatable bonds is 3. The monoisotopic (exact) mass is 294 g/mol. The van der Waals surface area contributed by atoms with Gasteiger partial charge in [0.2, 0.25) is 0 Å². The fourth-order valence-electron chi connectivity index (χ4n) is 1.65. The van der Waals surface area contributed by atoms with E-state index in [9.17, 15) is 4.79 Å². The standard InChI is InChI=1S/C14H12Cl2N2O/c1-9(10-3-2-4-12(15)7-10)18-14(19)11-5-6-13(16)17-8-11/h2-9H,1H3,(H,18,19)/t9-/m1/s1. The van der Waals surface area contributed by atoms with Crippen LogP contribution in [0.1, 0.15) is 28.9 Å². The van der Waals surface area contributed by atoms with Gasteiger partial charge >= 0.3 is 0 Å². The van der Waals surface area contributed by atoms with E-state index < -0.39 is 0 Å². The first-order chi connectivity index (χ1) is 9.06. The summed E-state index contributed by atoms with van der Waals surface area (Å²) in [7, 11) is 0. The van der Waals surface area contributed by atoms with Gasteiger partial charge in [0.05, 0.1) is 11.6 Å². The number of aromatic nitrogens is 1. The third-order valence-corrected chi connectivity index (χ3v) is 3.14. The number of nitrogens with zero attached hydrogens (tertiary/aromatic N) is 1. The van der Waals surface area contributed by atoms with E-state index in [2.05, 4.69) is 10.3 Å². The molecule has 0 aliphatic carbocycles. The Kier molecular flexibility index (Phi) is 4.40. The Morgan fingerprint density at radius 2 is 2.05 bits per heavy atom. The quantitative estimate of drug-likeness (QED) is 0.873. The predicted molar refractivity (Wildman–Crippen MR) is 76.6 cm³/mol. The Labute approximate surface area is 121 Å². The van der Waals surface area contributed by atoms with Crippen LogP contribution in [0.5, 0.6) is 0 Å². The summed E-state index contributed by atoms with van der Waals surface area (Å²) in [6.45, 7) is 1.90. The Balaban J connectivity index is 2.08.